The predicted molar refractivity (Wildman–Crippen MR) is 105 cm³/mol. The van der Waals surface area contributed by atoms with Crippen LogP contribution in [-0.2, 0) is 13.1 Å². The van der Waals surface area contributed by atoms with Crippen molar-refractivity contribution in [2.75, 3.05) is 17.3 Å². The van der Waals surface area contributed by atoms with Gasteiger partial charge in [0, 0.05) is 23.3 Å². The van der Waals surface area contributed by atoms with Gasteiger partial charge in [0.25, 0.3) is 0 Å². The van der Waals surface area contributed by atoms with E-state index in [-0.39, 0.29) is 12.4 Å². The number of fused-ring (bicyclic) bond motifs is 1. The minimum absolute atomic E-state index is 0.0137. The van der Waals surface area contributed by atoms with Gasteiger partial charge in [-0.25, -0.2) is 20.8 Å². The molecular formula is C17H18N8OS. The van der Waals surface area contributed by atoms with Crippen LogP contribution in [0, 0.1) is 0 Å². The molecule has 9 nitrogen and oxygen atoms in total. The van der Waals surface area contributed by atoms with Crippen molar-refractivity contribution in [2.45, 2.75) is 13.1 Å². The SMILES string of the molecule is Nc1ncc(-c2cnn(CCO)c2)nc1N(N)Cc1csc2ncccc12. The molecule has 0 aromatic carbocycles. The molecule has 0 aliphatic carbocycles. The number of rotatable bonds is 6. The largest absolute Gasteiger partial charge is 0.394 e. The first-order chi connectivity index (χ1) is 13.2. The van der Waals surface area contributed by atoms with Crippen molar-refractivity contribution in [3.8, 4) is 11.3 Å². The van der Waals surface area contributed by atoms with E-state index < -0.39 is 0 Å². The first-order valence-electron chi connectivity index (χ1n) is 8.25. The van der Waals surface area contributed by atoms with Crippen LogP contribution in [0.5, 0.6) is 0 Å². The summed E-state index contributed by atoms with van der Waals surface area (Å²) in [6, 6.07) is 3.92. The number of anilines is 2. The van der Waals surface area contributed by atoms with Gasteiger partial charge in [-0.3, -0.25) is 9.69 Å². The van der Waals surface area contributed by atoms with Crippen LogP contribution >= 0.6 is 11.3 Å². The second kappa shape index (κ2) is 7.27. The van der Waals surface area contributed by atoms with Crippen LogP contribution in [0.1, 0.15) is 5.56 Å². The molecule has 0 saturated heterocycles. The minimum atomic E-state index is 0.0137. The van der Waals surface area contributed by atoms with Crippen molar-refractivity contribution < 1.29 is 5.11 Å². The zero-order valence-corrected chi connectivity index (χ0v) is 15.2. The van der Waals surface area contributed by atoms with Crippen molar-refractivity contribution in [1.82, 2.24) is 24.7 Å². The molecule has 0 spiro atoms. The van der Waals surface area contributed by atoms with Crippen molar-refractivity contribution in [2.24, 2.45) is 5.84 Å². The van der Waals surface area contributed by atoms with Crippen molar-refractivity contribution in [3.63, 3.8) is 0 Å². The smallest absolute Gasteiger partial charge is 0.186 e. The third-order valence-electron chi connectivity index (χ3n) is 4.08. The molecule has 138 valence electrons. The Balaban J connectivity index is 1.62. The van der Waals surface area contributed by atoms with Gasteiger partial charge in [0.2, 0.25) is 0 Å². The maximum atomic E-state index is 9.02. The van der Waals surface area contributed by atoms with E-state index in [4.69, 9.17) is 16.7 Å². The lowest BCUT2D eigenvalue weighted by molar-refractivity contribution is 0.269. The normalized spacial score (nSPS) is 11.2. The van der Waals surface area contributed by atoms with Gasteiger partial charge in [-0.1, -0.05) is 6.07 Å². The van der Waals surface area contributed by atoms with Crippen molar-refractivity contribution in [3.05, 3.63) is 47.9 Å². The summed E-state index contributed by atoms with van der Waals surface area (Å²) in [5.74, 6) is 6.90. The standard InChI is InChI=1S/C17H18N8OS/c18-15-16(23-14(7-21-15)11-6-22-24(8-11)4-5-26)25(19)9-12-10-27-17-13(12)2-1-3-20-17/h1-3,6-8,10,26H,4-5,9,19H2,(H2,18,21). The molecule has 4 heterocycles. The number of hydrogen-bond acceptors (Lipinski definition) is 9. The molecule has 5 N–H and O–H groups in total. The molecule has 4 aromatic rings. The van der Waals surface area contributed by atoms with E-state index >= 15 is 0 Å². The maximum absolute atomic E-state index is 9.02. The summed E-state index contributed by atoms with van der Waals surface area (Å²) in [7, 11) is 0. The average molecular weight is 382 g/mol. The number of pyridine rings is 1. The molecule has 10 heteroatoms. The summed E-state index contributed by atoms with van der Waals surface area (Å²) in [5.41, 5.74) is 8.43. The zero-order valence-electron chi connectivity index (χ0n) is 14.4. The number of nitrogens with zero attached hydrogens (tertiary/aromatic N) is 6. The Hall–Kier alpha value is -3.08. The minimum Gasteiger partial charge on any atom is -0.394 e. The van der Waals surface area contributed by atoms with Gasteiger partial charge in [0.15, 0.2) is 11.6 Å². The molecule has 0 aliphatic heterocycles. The highest BCUT2D eigenvalue weighted by atomic mass is 32.1. The highest BCUT2D eigenvalue weighted by molar-refractivity contribution is 7.16. The molecule has 0 atom stereocenters. The number of aliphatic hydroxyl groups excluding tert-OH is 1. The Labute approximate surface area is 158 Å². The van der Waals surface area contributed by atoms with Gasteiger partial charge in [0.1, 0.15) is 4.83 Å². The van der Waals surface area contributed by atoms with Gasteiger partial charge < -0.3 is 10.8 Å². The van der Waals surface area contributed by atoms with Crippen molar-refractivity contribution >= 4 is 33.2 Å². The lowest BCUT2D eigenvalue weighted by atomic mass is 10.2. The predicted octanol–water partition coefficient (Wildman–Crippen LogP) is 1.40. The summed E-state index contributed by atoms with van der Waals surface area (Å²) in [6.07, 6.45) is 6.81. The lowest BCUT2D eigenvalue weighted by Gasteiger charge is -2.19. The Bertz CT molecular complexity index is 1080. The molecule has 0 unspecified atom stereocenters. The number of aliphatic hydroxyl groups is 1. The average Bonchev–Trinajstić information content (AvgIpc) is 3.30. The lowest BCUT2D eigenvalue weighted by Crippen LogP contribution is -2.32. The van der Waals surface area contributed by atoms with Gasteiger partial charge in [-0.05, 0) is 17.0 Å². The molecule has 0 radical (unpaired) electrons. The summed E-state index contributed by atoms with van der Waals surface area (Å²) in [4.78, 5) is 14.1. The van der Waals surface area contributed by atoms with Gasteiger partial charge in [-0.15, -0.1) is 11.3 Å². The molecule has 4 rings (SSSR count). The van der Waals surface area contributed by atoms with Crippen molar-refractivity contribution in [1.29, 1.82) is 0 Å². The second-order valence-corrected chi connectivity index (χ2v) is 6.78. The van der Waals surface area contributed by atoms with Crippen LogP contribution in [0.2, 0.25) is 0 Å². The highest BCUT2D eigenvalue weighted by Crippen LogP contribution is 2.27. The zero-order chi connectivity index (χ0) is 18.8. The van der Waals surface area contributed by atoms with Crippen LogP contribution in [0.4, 0.5) is 11.6 Å². The number of hydrazine groups is 1. The quantitative estimate of drug-likeness (QED) is 0.337. The maximum Gasteiger partial charge on any atom is 0.186 e. The molecule has 27 heavy (non-hydrogen) atoms. The molecule has 0 aliphatic rings. The fraction of sp³-hybridized carbons (Fsp3) is 0.176. The van der Waals surface area contributed by atoms with Crippen LogP contribution in [0.15, 0.2) is 42.3 Å². The monoisotopic (exact) mass is 382 g/mol. The fourth-order valence-electron chi connectivity index (χ4n) is 2.76. The molecule has 0 amide bonds. The molecule has 0 fully saturated rings. The Kier molecular flexibility index (Phi) is 4.67. The van der Waals surface area contributed by atoms with Crippen LogP contribution < -0.4 is 16.6 Å². The van der Waals surface area contributed by atoms with E-state index in [1.54, 1.807) is 40.8 Å². The number of nitrogen functional groups attached to an aromatic ring is 1. The van der Waals surface area contributed by atoms with Gasteiger partial charge in [-0.2, -0.15) is 5.10 Å². The summed E-state index contributed by atoms with van der Waals surface area (Å²) in [6.45, 7) is 0.856. The number of nitrogens with two attached hydrogens (primary N) is 2. The first kappa shape index (κ1) is 17.3. The van der Waals surface area contributed by atoms with Crippen LogP contribution in [-0.4, -0.2) is 36.4 Å². The first-order valence-corrected chi connectivity index (χ1v) is 9.13. The molecule has 4 aromatic heterocycles. The molecule has 0 saturated carbocycles. The fourth-order valence-corrected chi connectivity index (χ4v) is 3.66. The summed E-state index contributed by atoms with van der Waals surface area (Å²) < 4.78 is 1.64. The van der Waals surface area contributed by atoms with E-state index in [1.165, 1.54) is 5.01 Å². The van der Waals surface area contributed by atoms with E-state index in [0.29, 0.717) is 24.6 Å². The number of hydrogen-bond donors (Lipinski definition) is 3. The van der Waals surface area contributed by atoms with Crippen LogP contribution in [0.25, 0.3) is 21.5 Å². The number of thiophene rings is 1. The third kappa shape index (κ3) is 3.45. The van der Waals surface area contributed by atoms with E-state index in [0.717, 1.165) is 21.3 Å². The third-order valence-corrected chi connectivity index (χ3v) is 5.03. The van der Waals surface area contributed by atoms with E-state index in [9.17, 15) is 0 Å². The highest BCUT2D eigenvalue weighted by Gasteiger charge is 2.15. The van der Waals surface area contributed by atoms with Crippen LogP contribution in [0.3, 0.4) is 0 Å². The molecular weight excluding hydrogens is 364 g/mol. The summed E-state index contributed by atoms with van der Waals surface area (Å²) >= 11 is 1.57. The Morgan fingerprint density at radius 2 is 2.15 bits per heavy atom. The van der Waals surface area contributed by atoms with E-state index in [1.807, 2.05) is 17.5 Å². The van der Waals surface area contributed by atoms with Gasteiger partial charge >= 0.3 is 0 Å². The Morgan fingerprint density at radius 3 is 3.00 bits per heavy atom. The van der Waals surface area contributed by atoms with Gasteiger partial charge in [0.05, 0.1) is 37.8 Å². The molecule has 0 bridgehead atoms. The summed E-state index contributed by atoms with van der Waals surface area (Å²) in [5, 5.41) is 17.8. The second-order valence-electron chi connectivity index (χ2n) is 5.92. The Morgan fingerprint density at radius 1 is 1.26 bits per heavy atom. The topological polar surface area (TPSA) is 132 Å². The van der Waals surface area contributed by atoms with E-state index in [2.05, 4.69) is 20.1 Å². The number of aromatic nitrogens is 5.